The Bertz CT molecular complexity index is 249. The molecule has 114 valence electrons. The molecule has 0 aromatic rings. The number of ether oxygens (including phenoxy) is 1. The molecule has 0 spiro atoms. The Morgan fingerprint density at radius 2 is 2.16 bits per heavy atom. The van der Waals surface area contributed by atoms with E-state index in [2.05, 4.69) is 30.7 Å². The van der Waals surface area contributed by atoms with Crippen LogP contribution in [0.2, 0.25) is 0 Å². The van der Waals surface area contributed by atoms with Gasteiger partial charge in [-0.1, -0.05) is 13.8 Å². The Morgan fingerprint density at radius 1 is 1.47 bits per heavy atom. The van der Waals surface area contributed by atoms with Crippen LogP contribution in [-0.4, -0.2) is 49.3 Å². The second-order valence-corrected chi connectivity index (χ2v) is 6.05. The van der Waals surface area contributed by atoms with Gasteiger partial charge in [-0.3, -0.25) is 4.79 Å². The Labute approximate surface area is 127 Å². The fourth-order valence-electron chi connectivity index (χ4n) is 2.15. The van der Waals surface area contributed by atoms with E-state index in [0.29, 0.717) is 13.0 Å². The maximum absolute atomic E-state index is 11.9. The molecule has 0 radical (unpaired) electrons. The zero-order valence-corrected chi connectivity index (χ0v) is 13.8. The first-order chi connectivity index (χ1) is 8.65. The molecule has 6 heteroatoms. The molecule has 1 unspecified atom stereocenters. The predicted molar refractivity (Wildman–Crippen MR) is 84.3 cm³/mol. The Kier molecular flexibility index (Phi) is 9.87. The van der Waals surface area contributed by atoms with Crippen molar-refractivity contribution < 1.29 is 9.53 Å². The van der Waals surface area contributed by atoms with Crippen molar-refractivity contribution in [1.29, 1.82) is 0 Å². The van der Waals surface area contributed by atoms with Crippen LogP contribution in [0.5, 0.6) is 0 Å². The third-order valence-corrected chi connectivity index (χ3v) is 5.33. The average molecular weight is 311 g/mol. The van der Waals surface area contributed by atoms with Crippen LogP contribution in [0.25, 0.3) is 0 Å². The molecule has 19 heavy (non-hydrogen) atoms. The van der Waals surface area contributed by atoms with Crippen molar-refractivity contribution in [3.63, 3.8) is 0 Å². The summed E-state index contributed by atoms with van der Waals surface area (Å²) in [5.74, 6) is 0.101. The smallest absolute Gasteiger partial charge is 0.222 e. The Morgan fingerprint density at radius 3 is 2.63 bits per heavy atom. The first-order valence-corrected chi connectivity index (χ1v) is 8.02. The zero-order valence-electron chi connectivity index (χ0n) is 12.2. The highest BCUT2D eigenvalue weighted by atomic mass is 35.5. The molecule has 1 amide bonds. The minimum atomic E-state index is 0. The van der Waals surface area contributed by atoms with E-state index >= 15 is 0 Å². The number of halogens is 1. The second kappa shape index (κ2) is 9.86. The molecule has 1 heterocycles. The van der Waals surface area contributed by atoms with Gasteiger partial charge in [0.15, 0.2) is 0 Å². The van der Waals surface area contributed by atoms with Crippen molar-refractivity contribution in [2.75, 3.05) is 32.5 Å². The van der Waals surface area contributed by atoms with E-state index < -0.39 is 0 Å². The van der Waals surface area contributed by atoms with Crippen molar-refractivity contribution in [1.82, 2.24) is 10.6 Å². The van der Waals surface area contributed by atoms with Crippen LogP contribution in [0, 0.1) is 0 Å². The van der Waals surface area contributed by atoms with Crippen molar-refractivity contribution in [2.24, 2.45) is 0 Å². The van der Waals surface area contributed by atoms with Gasteiger partial charge >= 0.3 is 0 Å². The van der Waals surface area contributed by atoms with Gasteiger partial charge < -0.3 is 15.4 Å². The summed E-state index contributed by atoms with van der Waals surface area (Å²) < 4.78 is 5.71. The lowest BCUT2D eigenvalue weighted by molar-refractivity contribution is -0.124. The first-order valence-electron chi connectivity index (χ1n) is 6.80. The fourth-order valence-corrected chi connectivity index (χ4v) is 2.94. The van der Waals surface area contributed by atoms with Crippen molar-refractivity contribution in [2.45, 2.75) is 44.0 Å². The molecule has 0 saturated carbocycles. The summed E-state index contributed by atoms with van der Waals surface area (Å²) in [6.45, 7) is 7.49. The van der Waals surface area contributed by atoms with Crippen LogP contribution in [0.15, 0.2) is 0 Å². The molecule has 0 aromatic heterocycles. The minimum Gasteiger partial charge on any atom is -0.375 e. The van der Waals surface area contributed by atoms with Gasteiger partial charge in [0.2, 0.25) is 5.91 Å². The first kappa shape index (κ1) is 19.0. The molecule has 0 bridgehead atoms. The molecule has 4 nitrogen and oxygen atoms in total. The van der Waals surface area contributed by atoms with E-state index in [0.717, 1.165) is 32.5 Å². The van der Waals surface area contributed by atoms with E-state index in [-0.39, 0.29) is 29.2 Å². The standard InChI is InChI=1S/C13H26N2O2S.ClH/c1-4-13(5-2,18-3)10-15-12(16)8-11-9-14-6-7-17-11;/h11,14H,4-10H2,1-3H3,(H,15,16);1H. The monoisotopic (exact) mass is 310 g/mol. The lowest BCUT2D eigenvalue weighted by Crippen LogP contribution is -2.44. The Hall–Kier alpha value is 0.0300. The molecule has 1 aliphatic rings. The van der Waals surface area contributed by atoms with Crippen molar-refractivity contribution in [3.8, 4) is 0 Å². The summed E-state index contributed by atoms with van der Waals surface area (Å²) >= 11 is 1.85. The van der Waals surface area contributed by atoms with Crippen LogP contribution < -0.4 is 10.6 Å². The maximum Gasteiger partial charge on any atom is 0.222 e. The number of amides is 1. The van der Waals surface area contributed by atoms with E-state index in [9.17, 15) is 4.79 Å². The molecule has 2 N–H and O–H groups in total. The van der Waals surface area contributed by atoms with Gasteiger partial charge in [0, 0.05) is 24.4 Å². The van der Waals surface area contributed by atoms with Crippen LogP contribution in [0.3, 0.4) is 0 Å². The van der Waals surface area contributed by atoms with Crippen LogP contribution in [0.4, 0.5) is 0 Å². The predicted octanol–water partition coefficient (Wildman–Crippen LogP) is 1.82. The molecule has 0 aromatic carbocycles. The maximum atomic E-state index is 11.9. The third kappa shape index (κ3) is 6.34. The van der Waals surface area contributed by atoms with Crippen LogP contribution >= 0.6 is 24.2 Å². The van der Waals surface area contributed by atoms with Crippen molar-refractivity contribution in [3.05, 3.63) is 0 Å². The summed E-state index contributed by atoms with van der Waals surface area (Å²) in [6.07, 6.45) is 4.77. The number of nitrogens with one attached hydrogen (secondary N) is 2. The number of thioether (sulfide) groups is 1. The largest absolute Gasteiger partial charge is 0.375 e. The van der Waals surface area contributed by atoms with Crippen molar-refractivity contribution >= 4 is 30.1 Å². The lowest BCUT2D eigenvalue weighted by Gasteiger charge is -2.30. The SMILES string of the molecule is CCC(CC)(CNC(=O)CC1CNCCO1)SC.Cl. The molecule has 1 fully saturated rings. The number of morpholine rings is 1. The summed E-state index contributed by atoms with van der Waals surface area (Å²) in [7, 11) is 0. The van der Waals surface area contributed by atoms with Crippen LogP contribution in [-0.2, 0) is 9.53 Å². The summed E-state index contributed by atoms with van der Waals surface area (Å²) in [5, 5.41) is 6.29. The molecular weight excluding hydrogens is 284 g/mol. The van der Waals surface area contributed by atoms with Crippen LogP contribution in [0.1, 0.15) is 33.1 Å². The van der Waals surface area contributed by atoms with Gasteiger partial charge in [-0.25, -0.2) is 0 Å². The quantitative estimate of drug-likeness (QED) is 0.753. The molecule has 1 saturated heterocycles. The van der Waals surface area contributed by atoms with E-state index in [1.54, 1.807) is 0 Å². The fraction of sp³-hybridized carbons (Fsp3) is 0.923. The highest BCUT2D eigenvalue weighted by Crippen LogP contribution is 2.29. The van der Waals surface area contributed by atoms with Gasteiger partial charge in [0.25, 0.3) is 0 Å². The van der Waals surface area contributed by atoms with Gasteiger partial charge in [0.1, 0.15) is 0 Å². The summed E-state index contributed by atoms with van der Waals surface area (Å²) in [4.78, 5) is 11.9. The van der Waals surface area contributed by atoms with E-state index in [1.807, 2.05) is 11.8 Å². The minimum absolute atomic E-state index is 0. The van der Waals surface area contributed by atoms with Gasteiger partial charge in [-0.2, -0.15) is 11.8 Å². The van der Waals surface area contributed by atoms with Gasteiger partial charge in [0.05, 0.1) is 19.1 Å². The van der Waals surface area contributed by atoms with E-state index in [1.165, 1.54) is 0 Å². The van der Waals surface area contributed by atoms with Gasteiger partial charge in [-0.05, 0) is 19.1 Å². The van der Waals surface area contributed by atoms with E-state index in [4.69, 9.17) is 4.74 Å². The average Bonchev–Trinajstić information content (AvgIpc) is 2.42. The number of hydrogen-bond donors (Lipinski definition) is 2. The highest BCUT2D eigenvalue weighted by Gasteiger charge is 2.26. The molecule has 1 aliphatic heterocycles. The molecular formula is C13H27ClN2O2S. The summed E-state index contributed by atoms with van der Waals surface area (Å²) in [5.41, 5.74) is 0. The molecule has 1 atom stereocenters. The number of carbonyl (C=O) groups is 1. The molecule has 1 rings (SSSR count). The van der Waals surface area contributed by atoms with Gasteiger partial charge in [-0.15, -0.1) is 12.4 Å². The topological polar surface area (TPSA) is 50.4 Å². The highest BCUT2D eigenvalue weighted by molar-refractivity contribution is 8.00. The number of carbonyl (C=O) groups excluding carboxylic acids is 1. The number of rotatable bonds is 7. The second-order valence-electron chi connectivity index (χ2n) is 4.77. The lowest BCUT2D eigenvalue weighted by atomic mass is 10.0. The zero-order chi connectivity index (χ0) is 13.4. The third-order valence-electron chi connectivity index (χ3n) is 3.75. The normalized spacial score (nSPS) is 19.6. The molecule has 0 aliphatic carbocycles. The Balaban J connectivity index is 0.00000324. The summed E-state index contributed by atoms with van der Waals surface area (Å²) in [6, 6.07) is 0. The number of hydrogen-bond acceptors (Lipinski definition) is 4.